The van der Waals surface area contributed by atoms with Gasteiger partial charge in [-0.25, -0.2) is 0 Å². The molecule has 0 aromatic heterocycles. The molecule has 0 spiro atoms. The van der Waals surface area contributed by atoms with Crippen LogP contribution in [0.3, 0.4) is 0 Å². The van der Waals surface area contributed by atoms with Crippen LogP contribution in [0.2, 0.25) is 0 Å². The molecule has 1 rings (SSSR count). The van der Waals surface area contributed by atoms with Gasteiger partial charge in [0, 0.05) is 0 Å². The monoisotopic (exact) mass is 127 g/mol. The summed E-state index contributed by atoms with van der Waals surface area (Å²) in [6.07, 6.45) is 0.323. The first-order valence-electron chi connectivity index (χ1n) is 2.79. The van der Waals surface area contributed by atoms with Gasteiger partial charge < -0.3 is 9.31 Å². The highest BCUT2D eigenvalue weighted by atomic mass is 16.6. The van der Waals surface area contributed by atoms with E-state index in [9.17, 15) is 4.79 Å². The van der Waals surface area contributed by atoms with Crippen LogP contribution in [0.15, 0.2) is 0 Å². The number of hydrogen-bond donors (Lipinski definition) is 0. The minimum Gasteiger partial charge on any atom is -0.511 e. The van der Waals surface area contributed by atoms with Gasteiger partial charge in [-0.1, -0.05) is 0 Å². The lowest BCUT2D eigenvalue weighted by Gasteiger charge is -2.27. The maximum atomic E-state index is 10.5. The second kappa shape index (κ2) is 2.03. The van der Waals surface area contributed by atoms with E-state index in [4.69, 9.17) is 4.65 Å². The molecule has 9 heavy (non-hydrogen) atoms. The van der Waals surface area contributed by atoms with Gasteiger partial charge in [0.05, 0.1) is 12.0 Å². The number of hydrogen-bond acceptors (Lipinski definition) is 3. The maximum Gasteiger partial charge on any atom is 0.574 e. The van der Waals surface area contributed by atoms with E-state index < -0.39 is 0 Å². The zero-order valence-electron chi connectivity index (χ0n) is 5.51. The van der Waals surface area contributed by atoms with Crippen molar-refractivity contribution in [2.75, 3.05) is 0 Å². The highest BCUT2D eigenvalue weighted by Gasteiger charge is 2.29. The molecule has 1 aliphatic rings. The topological polar surface area (TPSA) is 35.5 Å². The Balaban J connectivity index is 2.51. The molecule has 1 radical (unpaired) electrons. The van der Waals surface area contributed by atoms with Gasteiger partial charge in [0.1, 0.15) is 0 Å². The van der Waals surface area contributed by atoms with Crippen LogP contribution in [-0.4, -0.2) is 19.3 Å². The van der Waals surface area contributed by atoms with Crippen molar-refractivity contribution in [2.45, 2.75) is 25.9 Å². The van der Waals surface area contributed by atoms with Crippen LogP contribution >= 0.6 is 0 Å². The van der Waals surface area contributed by atoms with Gasteiger partial charge in [-0.2, -0.15) is 0 Å². The van der Waals surface area contributed by atoms with Crippen molar-refractivity contribution in [1.29, 1.82) is 0 Å². The highest BCUT2D eigenvalue weighted by Crippen LogP contribution is 2.17. The molecule has 0 atom stereocenters. The Labute approximate surface area is 54.6 Å². The molecule has 49 valence electrons. The molecule has 0 aliphatic carbocycles. The van der Waals surface area contributed by atoms with Crippen molar-refractivity contribution < 1.29 is 14.1 Å². The summed E-state index contributed by atoms with van der Waals surface area (Å²) >= 11 is 0. The third-order valence-electron chi connectivity index (χ3n) is 1.12. The molecule has 0 bridgehead atoms. The molecule has 0 unspecified atom stereocenters. The van der Waals surface area contributed by atoms with Gasteiger partial charge in [-0.05, 0) is 13.8 Å². The second-order valence-corrected chi connectivity index (χ2v) is 2.64. The molecule has 1 heterocycles. The van der Waals surface area contributed by atoms with Crippen LogP contribution in [0.4, 0.5) is 0 Å². The van der Waals surface area contributed by atoms with Crippen LogP contribution in [0.5, 0.6) is 0 Å². The predicted octanol–water partition coefficient (Wildman–Crippen LogP) is 0.263. The molecule has 3 nitrogen and oxygen atoms in total. The van der Waals surface area contributed by atoms with E-state index in [0.29, 0.717) is 6.42 Å². The van der Waals surface area contributed by atoms with Crippen LogP contribution in [0.25, 0.3) is 0 Å². The quantitative estimate of drug-likeness (QED) is 0.438. The Morgan fingerprint density at radius 2 is 2.33 bits per heavy atom. The molecule has 1 aliphatic heterocycles. The Kier molecular flexibility index (Phi) is 1.49. The van der Waals surface area contributed by atoms with E-state index in [2.05, 4.69) is 4.65 Å². The summed E-state index contributed by atoms with van der Waals surface area (Å²) < 4.78 is 9.39. The fourth-order valence-electron chi connectivity index (χ4n) is 0.639. The minimum atomic E-state index is -0.380. The molecule has 4 heteroatoms. The van der Waals surface area contributed by atoms with Crippen molar-refractivity contribution in [3.63, 3.8) is 0 Å². The molecule has 0 saturated carbocycles. The lowest BCUT2D eigenvalue weighted by Crippen LogP contribution is -2.37. The fourth-order valence-corrected chi connectivity index (χ4v) is 0.639. The third-order valence-corrected chi connectivity index (χ3v) is 1.12. The van der Waals surface area contributed by atoms with E-state index >= 15 is 0 Å². The zero-order chi connectivity index (χ0) is 6.91. The summed E-state index contributed by atoms with van der Waals surface area (Å²) in [7, 11) is 1.09. The summed E-state index contributed by atoms with van der Waals surface area (Å²) in [6.45, 7) is 3.67. The van der Waals surface area contributed by atoms with E-state index in [1.54, 1.807) is 0 Å². The molecular formula is C5H8BO3. The van der Waals surface area contributed by atoms with E-state index in [-0.39, 0.29) is 11.6 Å². The van der Waals surface area contributed by atoms with Crippen molar-refractivity contribution in [1.82, 2.24) is 0 Å². The Hall–Kier alpha value is -0.505. The lowest BCUT2D eigenvalue weighted by molar-refractivity contribution is -0.144. The second-order valence-electron chi connectivity index (χ2n) is 2.64. The summed E-state index contributed by atoms with van der Waals surface area (Å²) in [4.78, 5) is 10.5. The van der Waals surface area contributed by atoms with Gasteiger partial charge in [0.25, 0.3) is 5.97 Å². The van der Waals surface area contributed by atoms with Crippen molar-refractivity contribution in [3.8, 4) is 0 Å². The zero-order valence-corrected chi connectivity index (χ0v) is 5.51. The SMILES string of the molecule is CC1(C)CC(=O)O[B]O1. The summed E-state index contributed by atoms with van der Waals surface area (Å²) in [5.41, 5.74) is -0.380. The lowest BCUT2D eigenvalue weighted by atomic mass is 10.0. The van der Waals surface area contributed by atoms with Crippen LogP contribution in [0.1, 0.15) is 20.3 Å². The third kappa shape index (κ3) is 1.71. The predicted molar refractivity (Wildman–Crippen MR) is 31.6 cm³/mol. The van der Waals surface area contributed by atoms with Gasteiger partial charge in [0.15, 0.2) is 0 Å². The summed E-state index contributed by atoms with van der Waals surface area (Å²) in [5, 5.41) is 0. The largest absolute Gasteiger partial charge is 0.574 e. The minimum absolute atomic E-state index is 0.230. The number of carbonyl (C=O) groups is 1. The van der Waals surface area contributed by atoms with E-state index in [0.717, 1.165) is 7.69 Å². The molecule has 1 saturated heterocycles. The van der Waals surface area contributed by atoms with Crippen LogP contribution < -0.4 is 0 Å². The molecular weight excluding hydrogens is 119 g/mol. The van der Waals surface area contributed by atoms with Crippen molar-refractivity contribution in [3.05, 3.63) is 0 Å². The summed E-state index contributed by atoms with van der Waals surface area (Å²) in [6, 6.07) is 0. The highest BCUT2D eigenvalue weighted by molar-refractivity contribution is 6.23. The summed E-state index contributed by atoms with van der Waals surface area (Å²) in [5.74, 6) is -0.230. The molecule has 0 N–H and O–H groups in total. The average molecular weight is 127 g/mol. The molecule has 1 fully saturated rings. The van der Waals surface area contributed by atoms with E-state index in [1.807, 2.05) is 13.8 Å². The van der Waals surface area contributed by atoms with E-state index in [1.165, 1.54) is 0 Å². The molecule has 0 aromatic rings. The van der Waals surface area contributed by atoms with Gasteiger partial charge in [0.2, 0.25) is 0 Å². The molecule has 0 amide bonds. The Bertz CT molecular complexity index is 132. The van der Waals surface area contributed by atoms with Gasteiger partial charge in [-0.3, -0.25) is 4.79 Å². The standard InChI is InChI=1S/C5H8BO3/c1-5(2)3-4(7)8-6-9-5/h3H2,1-2H3. The first-order chi connectivity index (χ1) is 4.10. The average Bonchev–Trinajstić information content (AvgIpc) is 1.60. The van der Waals surface area contributed by atoms with Crippen LogP contribution in [-0.2, 0) is 14.1 Å². The Morgan fingerprint density at radius 3 is 2.67 bits per heavy atom. The normalized spacial score (nSPS) is 24.4. The van der Waals surface area contributed by atoms with Crippen LogP contribution in [0, 0.1) is 0 Å². The first-order valence-corrected chi connectivity index (χ1v) is 2.79. The Morgan fingerprint density at radius 1 is 1.67 bits per heavy atom. The smallest absolute Gasteiger partial charge is 0.511 e. The fraction of sp³-hybridized carbons (Fsp3) is 0.800. The van der Waals surface area contributed by atoms with Gasteiger partial charge in [-0.15, -0.1) is 0 Å². The molecule has 0 aromatic carbocycles. The van der Waals surface area contributed by atoms with Gasteiger partial charge >= 0.3 is 7.69 Å². The maximum absolute atomic E-state index is 10.5. The van der Waals surface area contributed by atoms with Crippen molar-refractivity contribution >= 4 is 13.7 Å². The van der Waals surface area contributed by atoms with Crippen molar-refractivity contribution in [2.24, 2.45) is 0 Å². The first kappa shape index (κ1) is 6.61. The number of carbonyl (C=O) groups excluding carboxylic acids is 1. The number of rotatable bonds is 0.